The van der Waals surface area contributed by atoms with Crippen molar-refractivity contribution in [1.82, 2.24) is 10.3 Å². The molecule has 2 aromatic carbocycles. The topological polar surface area (TPSA) is 71.5 Å². The van der Waals surface area contributed by atoms with E-state index in [2.05, 4.69) is 10.3 Å². The number of hydrogen-bond donors (Lipinski definition) is 1. The van der Waals surface area contributed by atoms with Crippen LogP contribution < -0.4 is 15.0 Å². The summed E-state index contributed by atoms with van der Waals surface area (Å²) in [5.41, 5.74) is 1.98. The molecule has 2 heterocycles. The largest absolute Gasteiger partial charge is 0.449 e. The van der Waals surface area contributed by atoms with E-state index in [9.17, 15) is 14.0 Å². The average Bonchev–Trinajstić information content (AvgIpc) is 2.77. The Morgan fingerprint density at radius 2 is 1.90 bits per heavy atom. The van der Waals surface area contributed by atoms with Crippen LogP contribution in [0.1, 0.15) is 11.1 Å². The SMILES string of the molecule is O=C(CN1C(=O)/C(=C\c2ccc(F)cc2)Oc2ccccc21)NCc1cccnc1. The van der Waals surface area contributed by atoms with Crippen LogP contribution in [0.4, 0.5) is 10.1 Å². The summed E-state index contributed by atoms with van der Waals surface area (Å²) >= 11 is 0. The van der Waals surface area contributed by atoms with Crippen molar-refractivity contribution in [3.8, 4) is 5.75 Å². The van der Waals surface area contributed by atoms with Crippen LogP contribution in [0.15, 0.2) is 78.8 Å². The quantitative estimate of drug-likeness (QED) is 0.664. The molecule has 2 amide bonds. The highest BCUT2D eigenvalue weighted by Crippen LogP contribution is 2.35. The maximum Gasteiger partial charge on any atom is 0.294 e. The fourth-order valence-electron chi connectivity index (χ4n) is 3.03. The molecule has 0 bridgehead atoms. The normalized spacial score (nSPS) is 14.2. The molecule has 0 atom stereocenters. The molecule has 1 aliphatic heterocycles. The minimum atomic E-state index is -0.449. The van der Waals surface area contributed by atoms with E-state index in [1.54, 1.807) is 54.9 Å². The highest BCUT2D eigenvalue weighted by Gasteiger charge is 2.31. The Kier molecular flexibility index (Phi) is 5.52. The minimum Gasteiger partial charge on any atom is -0.449 e. The Bertz CT molecular complexity index is 1100. The molecule has 0 unspecified atom stereocenters. The highest BCUT2D eigenvalue weighted by atomic mass is 19.1. The fraction of sp³-hybridized carbons (Fsp3) is 0.0870. The summed E-state index contributed by atoms with van der Waals surface area (Å²) in [6.45, 7) is 0.144. The number of nitrogens with zero attached hydrogens (tertiary/aromatic N) is 2. The van der Waals surface area contributed by atoms with Gasteiger partial charge in [0.15, 0.2) is 11.5 Å². The molecule has 1 aromatic heterocycles. The number of halogens is 1. The van der Waals surface area contributed by atoms with Gasteiger partial charge in [0.1, 0.15) is 12.4 Å². The molecule has 0 fully saturated rings. The van der Waals surface area contributed by atoms with E-state index in [-0.39, 0.29) is 24.0 Å². The van der Waals surface area contributed by atoms with Crippen molar-refractivity contribution in [2.75, 3.05) is 11.4 Å². The molecule has 7 heteroatoms. The van der Waals surface area contributed by atoms with Crippen LogP contribution in [-0.2, 0) is 16.1 Å². The predicted molar refractivity (Wildman–Crippen MR) is 110 cm³/mol. The number of aromatic nitrogens is 1. The van der Waals surface area contributed by atoms with Gasteiger partial charge in [-0.3, -0.25) is 19.5 Å². The molecule has 0 aliphatic carbocycles. The molecule has 1 aliphatic rings. The summed E-state index contributed by atoms with van der Waals surface area (Å²) in [5.74, 6) is -0.615. The Balaban J connectivity index is 1.55. The van der Waals surface area contributed by atoms with Gasteiger partial charge in [-0.1, -0.05) is 30.3 Å². The monoisotopic (exact) mass is 403 g/mol. The lowest BCUT2D eigenvalue weighted by Gasteiger charge is -2.30. The van der Waals surface area contributed by atoms with Crippen molar-refractivity contribution in [1.29, 1.82) is 0 Å². The van der Waals surface area contributed by atoms with Crippen LogP contribution in [0.2, 0.25) is 0 Å². The first kappa shape index (κ1) is 19.3. The number of para-hydroxylation sites is 2. The third-order valence-corrected chi connectivity index (χ3v) is 4.51. The number of ether oxygens (including phenoxy) is 1. The van der Waals surface area contributed by atoms with Gasteiger partial charge in [0, 0.05) is 18.9 Å². The van der Waals surface area contributed by atoms with Crippen LogP contribution in [-0.4, -0.2) is 23.3 Å². The van der Waals surface area contributed by atoms with Crippen molar-refractivity contribution in [3.63, 3.8) is 0 Å². The van der Waals surface area contributed by atoms with Gasteiger partial charge >= 0.3 is 0 Å². The Labute approximate surface area is 172 Å². The molecule has 30 heavy (non-hydrogen) atoms. The van der Waals surface area contributed by atoms with Crippen LogP contribution in [0, 0.1) is 5.82 Å². The van der Waals surface area contributed by atoms with Gasteiger partial charge < -0.3 is 10.1 Å². The zero-order valence-electron chi connectivity index (χ0n) is 15.9. The number of hydrogen-bond acceptors (Lipinski definition) is 4. The van der Waals surface area contributed by atoms with Gasteiger partial charge in [-0.2, -0.15) is 0 Å². The summed E-state index contributed by atoms with van der Waals surface area (Å²) in [4.78, 5) is 30.9. The molecule has 1 N–H and O–H groups in total. The smallest absolute Gasteiger partial charge is 0.294 e. The van der Waals surface area contributed by atoms with Crippen LogP contribution in [0.25, 0.3) is 6.08 Å². The van der Waals surface area contributed by atoms with Gasteiger partial charge in [-0.15, -0.1) is 0 Å². The van der Waals surface area contributed by atoms with E-state index in [0.717, 1.165) is 5.56 Å². The molecule has 150 valence electrons. The first-order valence-electron chi connectivity index (χ1n) is 9.32. The number of rotatable bonds is 5. The predicted octanol–water partition coefficient (Wildman–Crippen LogP) is 3.30. The van der Waals surface area contributed by atoms with Crippen LogP contribution in [0.5, 0.6) is 5.75 Å². The van der Waals surface area contributed by atoms with E-state index in [1.807, 2.05) is 6.07 Å². The van der Waals surface area contributed by atoms with Crippen molar-refractivity contribution in [3.05, 3.63) is 95.8 Å². The van der Waals surface area contributed by atoms with Gasteiger partial charge in [-0.05, 0) is 47.5 Å². The summed E-state index contributed by atoms with van der Waals surface area (Å²) in [6, 6.07) is 16.3. The summed E-state index contributed by atoms with van der Waals surface area (Å²) in [5, 5.41) is 2.79. The maximum atomic E-state index is 13.2. The number of anilines is 1. The molecule has 0 radical (unpaired) electrons. The Morgan fingerprint density at radius 3 is 2.67 bits per heavy atom. The fourth-order valence-corrected chi connectivity index (χ4v) is 3.03. The van der Waals surface area contributed by atoms with Crippen molar-refractivity contribution in [2.24, 2.45) is 0 Å². The number of fused-ring (bicyclic) bond motifs is 1. The van der Waals surface area contributed by atoms with Crippen molar-refractivity contribution < 1.29 is 18.7 Å². The maximum absolute atomic E-state index is 13.2. The van der Waals surface area contributed by atoms with Crippen LogP contribution in [0.3, 0.4) is 0 Å². The first-order chi connectivity index (χ1) is 14.6. The molecule has 0 saturated heterocycles. The molecule has 0 spiro atoms. The Morgan fingerprint density at radius 1 is 1.10 bits per heavy atom. The number of nitrogens with one attached hydrogen (secondary N) is 1. The van der Waals surface area contributed by atoms with Gasteiger partial charge in [0.2, 0.25) is 5.91 Å². The number of benzene rings is 2. The van der Waals surface area contributed by atoms with E-state index >= 15 is 0 Å². The second-order valence-corrected chi connectivity index (χ2v) is 6.66. The summed E-state index contributed by atoms with van der Waals surface area (Å²) in [6.07, 6.45) is 4.85. The summed E-state index contributed by atoms with van der Waals surface area (Å²) < 4.78 is 18.9. The highest BCUT2D eigenvalue weighted by molar-refractivity contribution is 6.12. The lowest BCUT2D eigenvalue weighted by atomic mass is 10.1. The third kappa shape index (κ3) is 4.35. The zero-order valence-corrected chi connectivity index (χ0v) is 15.9. The summed E-state index contributed by atoms with van der Waals surface area (Å²) in [7, 11) is 0. The molecular formula is C23H18FN3O3. The third-order valence-electron chi connectivity index (χ3n) is 4.51. The molecule has 3 aromatic rings. The average molecular weight is 403 g/mol. The second-order valence-electron chi connectivity index (χ2n) is 6.66. The molecular weight excluding hydrogens is 385 g/mol. The lowest BCUT2D eigenvalue weighted by Crippen LogP contribution is -2.44. The molecule has 4 rings (SSSR count). The Hall–Kier alpha value is -4.00. The second kappa shape index (κ2) is 8.57. The van der Waals surface area contributed by atoms with E-state index in [0.29, 0.717) is 23.5 Å². The lowest BCUT2D eigenvalue weighted by molar-refractivity contribution is -0.123. The van der Waals surface area contributed by atoms with E-state index in [4.69, 9.17) is 4.74 Å². The van der Waals surface area contributed by atoms with E-state index in [1.165, 1.54) is 23.1 Å². The van der Waals surface area contributed by atoms with Crippen molar-refractivity contribution in [2.45, 2.75) is 6.54 Å². The van der Waals surface area contributed by atoms with Gasteiger partial charge in [-0.25, -0.2) is 4.39 Å². The number of carbonyl (C=O) groups excluding carboxylic acids is 2. The first-order valence-corrected chi connectivity index (χ1v) is 9.32. The minimum absolute atomic E-state index is 0.0559. The van der Waals surface area contributed by atoms with Gasteiger partial charge in [0.25, 0.3) is 5.91 Å². The van der Waals surface area contributed by atoms with Gasteiger partial charge in [0.05, 0.1) is 5.69 Å². The standard InChI is InChI=1S/C23H18FN3O3/c24-18-9-7-16(8-10-18)12-21-23(29)27(19-5-1-2-6-20(19)30-21)15-22(28)26-14-17-4-3-11-25-13-17/h1-13H,14-15H2,(H,26,28)/b21-12+. The number of carbonyl (C=O) groups is 2. The van der Waals surface area contributed by atoms with E-state index < -0.39 is 5.91 Å². The van der Waals surface area contributed by atoms with Crippen molar-refractivity contribution >= 4 is 23.6 Å². The molecule has 6 nitrogen and oxygen atoms in total. The molecule has 0 saturated carbocycles. The van der Waals surface area contributed by atoms with Crippen LogP contribution >= 0.6 is 0 Å². The number of pyridine rings is 1. The zero-order chi connectivity index (χ0) is 20.9. The number of amides is 2.